The molecule has 0 aliphatic carbocycles. The Morgan fingerprint density at radius 1 is 1.37 bits per heavy atom. The molecule has 5 heteroatoms. The Bertz CT molecular complexity index is 434. The van der Waals surface area contributed by atoms with Crippen molar-refractivity contribution < 1.29 is 9.84 Å². The van der Waals surface area contributed by atoms with Crippen LogP contribution in [0.15, 0.2) is 16.6 Å². The van der Waals surface area contributed by atoms with Gasteiger partial charge < -0.3 is 15.6 Å². The first-order valence-corrected chi connectivity index (χ1v) is 7.47. The summed E-state index contributed by atoms with van der Waals surface area (Å²) in [5.74, 6) is 0.687. The molecule has 0 saturated carbocycles. The number of likely N-dealkylation sites (tertiary alicyclic amines) is 1. The lowest BCUT2D eigenvalue weighted by Gasteiger charge is -2.34. The fourth-order valence-electron chi connectivity index (χ4n) is 2.71. The molecule has 19 heavy (non-hydrogen) atoms. The largest absolute Gasteiger partial charge is 0.504 e. The van der Waals surface area contributed by atoms with E-state index in [1.54, 1.807) is 13.2 Å². The summed E-state index contributed by atoms with van der Waals surface area (Å²) < 4.78 is 6.11. The second kappa shape index (κ2) is 6.59. The maximum atomic E-state index is 10.3. The normalized spacial score (nSPS) is 18.3. The van der Waals surface area contributed by atoms with Gasteiger partial charge in [0.15, 0.2) is 11.5 Å². The van der Waals surface area contributed by atoms with Crippen LogP contribution in [0.4, 0.5) is 0 Å². The molecule has 3 N–H and O–H groups in total. The quantitative estimate of drug-likeness (QED) is 0.892. The van der Waals surface area contributed by atoms with E-state index >= 15 is 0 Å². The van der Waals surface area contributed by atoms with Crippen LogP contribution in [-0.2, 0) is 0 Å². The van der Waals surface area contributed by atoms with Gasteiger partial charge in [0.2, 0.25) is 0 Å². The monoisotopic (exact) mass is 328 g/mol. The van der Waals surface area contributed by atoms with Crippen LogP contribution < -0.4 is 10.5 Å². The van der Waals surface area contributed by atoms with Crippen molar-refractivity contribution in [3.8, 4) is 11.5 Å². The van der Waals surface area contributed by atoms with E-state index in [9.17, 15) is 5.11 Å². The van der Waals surface area contributed by atoms with E-state index in [0.29, 0.717) is 12.3 Å². The van der Waals surface area contributed by atoms with Crippen molar-refractivity contribution in [3.05, 3.63) is 22.2 Å². The van der Waals surface area contributed by atoms with Gasteiger partial charge in [0.1, 0.15) is 0 Å². The molecule has 1 heterocycles. The molecule has 1 aliphatic rings. The van der Waals surface area contributed by atoms with Crippen LogP contribution in [0.2, 0.25) is 0 Å². The molecular weight excluding hydrogens is 308 g/mol. The number of aromatic hydroxyl groups is 1. The molecule has 2 rings (SSSR count). The van der Waals surface area contributed by atoms with Crippen LogP contribution in [0.25, 0.3) is 0 Å². The molecule has 1 aliphatic heterocycles. The number of hydrogen-bond acceptors (Lipinski definition) is 4. The summed E-state index contributed by atoms with van der Waals surface area (Å²) in [6.45, 7) is 2.57. The molecule has 1 aromatic carbocycles. The Hall–Kier alpha value is -0.780. The summed E-state index contributed by atoms with van der Waals surface area (Å²) in [6.07, 6.45) is 3.67. The maximum absolute atomic E-state index is 10.3. The van der Waals surface area contributed by atoms with Crippen LogP contribution in [0.5, 0.6) is 11.5 Å². The lowest BCUT2D eigenvalue weighted by molar-refractivity contribution is 0.164. The standard InChI is InChI=1S/C14H21BrN2O2/c1-19-13-8-10(15)7-11(14(13)18)12(9-16)17-5-3-2-4-6-17/h7-8,12,18H,2-6,9,16H2,1H3. The van der Waals surface area contributed by atoms with Crippen LogP contribution in [-0.4, -0.2) is 36.8 Å². The van der Waals surface area contributed by atoms with Gasteiger partial charge >= 0.3 is 0 Å². The molecule has 0 bridgehead atoms. The van der Waals surface area contributed by atoms with E-state index in [0.717, 1.165) is 23.1 Å². The highest BCUT2D eigenvalue weighted by Crippen LogP contribution is 2.39. The first kappa shape index (κ1) is 14.6. The second-order valence-electron chi connectivity index (χ2n) is 4.89. The first-order valence-electron chi connectivity index (χ1n) is 6.68. The van der Waals surface area contributed by atoms with Gasteiger partial charge in [-0.1, -0.05) is 22.4 Å². The first-order chi connectivity index (χ1) is 9.17. The van der Waals surface area contributed by atoms with Gasteiger partial charge in [-0.3, -0.25) is 4.90 Å². The zero-order valence-electron chi connectivity index (χ0n) is 11.2. The van der Waals surface area contributed by atoms with Crippen molar-refractivity contribution >= 4 is 15.9 Å². The Balaban J connectivity index is 2.34. The SMILES string of the molecule is COc1cc(Br)cc(C(CN)N2CCCCC2)c1O. The van der Waals surface area contributed by atoms with Crippen LogP contribution in [0, 0.1) is 0 Å². The highest BCUT2D eigenvalue weighted by atomic mass is 79.9. The highest BCUT2D eigenvalue weighted by molar-refractivity contribution is 9.10. The molecule has 0 amide bonds. The van der Waals surface area contributed by atoms with Gasteiger partial charge in [0, 0.05) is 16.6 Å². The number of rotatable bonds is 4. The minimum atomic E-state index is 0.0479. The van der Waals surface area contributed by atoms with E-state index in [2.05, 4.69) is 20.8 Å². The van der Waals surface area contributed by atoms with Gasteiger partial charge in [-0.2, -0.15) is 0 Å². The molecule has 1 atom stereocenters. The fourth-order valence-corrected chi connectivity index (χ4v) is 3.16. The number of nitrogens with two attached hydrogens (primary N) is 1. The number of hydrogen-bond donors (Lipinski definition) is 2. The summed E-state index contributed by atoms with van der Waals surface area (Å²) in [6, 6.07) is 3.75. The van der Waals surface area contributed by atoms with Crippen molar-refractivity contribution in [1.82, 2.24) is 4.90 Å². The number of phenolic OH excluding ortho intramolecular Hbond substituents is 1. The molecule has 106 valence electrons. The number of nitrogens with zero attached hydrogens (tertiary/aromatic N) is 1. The molecular formula is C14H21BrN2O2. The summed E-state index contributed by atoms with van der Waals surface area (Å²) in [5, 5.41) is 10.3. The molecule has 1 aromatic rings. The summed E-state index contributed by atoms with van der Waals surface area (Å²) in [5.41, 5.74) is 6.78. The average Bonchev–Trinajstić information content (AvgIpc) is 2.44. The van der Waals surface area contributed by atoms with E-state index in [4.69, 9.17) is 10.5 Å². The van der Waals surface area contributed by atoms with Gasteiger partial charge in [0.25, 0.3) is 0 Å². The number of phenols is 1. The van der Waals surface area contributed by atoms with Gasteiger partial charge in [-0.05, 0) is 38.1 Å². The number of halogens is 1. The summed E-state index contributed by atoms with van der Waals surface area (Å²) >= 11 is 3.46. The third kappa shape index (κ3) is 3.22. The Morgan fingerprint density at radius 2 is 2.05 bits per heavy atom. The zero-order chi connectivity index (χ0) is 13.8. The Morgan fingerprint density at radius 3 is 2.63 bits per heavy atom. The molecule has 1 unspecified atom stereocenters. The van der Waals surface area contributed by atoms with E-state index < -0.39 is 0 Å². The van der Waals surface area contributed by atoms with Gasteiger partial charge in [-0.25, -0.2) is 0 Å². The van der Waals surface area contributed by atoms with Crippen molar-refractivity contribution in [2.45, 2.75) is 25.3 Å². The van der Waals surface area contributed by atoms with Crippen molar-refractivity contribution in [2.24, 2.45) is 5.73 Å². The number of ether oxygens (including phenoxy) is 1. The smallest absolute Gasteiger partial charge is 0.162 e. The summed E-state index contributed by atoms with van der Waals surface area (Å²) in [4.78, 5) is 2.35. The minimum absolute atomic E-state index is 0.0479. The molecule has 1 fully saturated rings. The maximum Gasteiger partial charge on any atom is 0.162 e. The molecule has 1 saturated heterocycles. The average molecular weight is 329 g/mol. The van der Waals surface area contributed by atoms with E-state index in [1.807, 2.05) is 6.07 Å². The number of piperidine rings is 1. The predicted molar refractivity (Wildman–Crippen MR) is 79.6 cm³/mol. The van der Waals surface area contributed by atoms with Crippen LogP contribution in [0.3, 0.4) is 0 Å². The zero-order valence-corrected chi connectivity index (χ0v) is 12.8. The number of benzene rings is 1. The topological polar surface area (TPSA) is 58.7 Å². The lowest BCUT2D eigenvalue weighted by atomic mass is 10.0. The van der Waals surface area contributed by atoms with Crippen molar-refractivity contribution in [2.75, 3.05) is 26.7 Å². The minimum Gasteiger partial charge on any atom is -0.504 e. The van der Waals surface area contributed by atoms with Crippen molar-refractivity contribution in [1.29, 1.82) is 0 Å². The lowest BCUT2D eigenvalue weighted by Crippen LogP contribution is -2.37. The van der Waals surface area contributed by atoms with Crippen LogP contribution >= 0.6 is 15.9 Å². The third-order valence-corrected chi connectivity index (χ3v) is 4.16. The molecule has 0 radical (unpaired) electrons. The Labute approximate surface area is 122 Å². The van der Waals surface area contributed by atoms with Crippen LogP contribution in [0.1, 0.15) is 30.9 Å². The second-order valence-corrected chi connectivity index (χ2v) is 5.81. The van der Waals surface area contributed by atoms with E-state index in [-0.39, 0.29) is 11.8 Å². The predicted octanol–water partition coefficient (Wildman–Crippen LogP) is 2.65. The molecule has 0 aromatic heterocycles. The fraction of sp³-hybridized carbons (Fsp3) is 0.571. The van der Waals surface area contributed by atoms with Crippen molar-refractivity contribution in [3.63, 3.8) is 0 Å². The molecule has 4 nitrogen and oxygen atoms in total. The molecule has 0 spiro atoms. The van der Waals surface area contributed by atoms with Gasteiger partial charge in [0.05, 0.1) is 13.2 Å². The summed E-state index contributed by atoms with van der Waals surface area (Å²) in [7, 11) is 1.56. The van der Waals surface area contributed by atoms with E-state index in [1.165, 1.54) is 19.3 Å². The van der Waals surface area contributed by atoms with Gasteiger partial charge in [-0.15, -0.1) is 0 Å². The third-order valence-electron chi connectivity index (χ3n) is 3.70. The number of methoxy groups -OCH3 is 1. The Kier molecular flexibility index (Phi) is 5.07. The highest BCUT2D eigenvalue weighted by Gasteiger charge is 2.25.